The summed E-state index contributed by atoms with van der Waals surface area (Å²) in [6.45, 7) is 0.683. The maximum atomic E-state index is 12.4. The highest BCUT2D eigenvalue weighted by Gasteiger charge is 2.34. The highest BCUT2D eigenvalue weighted by atomic mass is 32.2. The van der Waals surface area contributed by atoms with Crippen LogP contribution in [-0.4, -0.2) is 72.8 Å². The Balaban J connectivity index is 2.00. The lowest BCUT2D eigenvalue weighted by Gasteiger charge is -2.27. The molecule has 1 aromatic heterocycles. The van der Waals surface area contributed by atoms with E-state index in [0.29, 0.717) is 24.7 Å². The third-order valence-electron chi connectivity index (χ3n) is 3.49. The number of H-pyrrole nitrogens is 1. The van der Waals surface area contributed by atoms with Crippen LogP contribution in [-0.2, 0) is 19.4 Å². The SMILES string of the molecule is COCCN(C(=O)CSc1nccc(=O)[nH]1)[C@@H]1CCS(=O)(=O)C1. The first-order valence-electron chi connectivity index (χ1n) is 7.08. The molecule has 1 aliphatic rings. The number of methoxy groups -OCH3 is 1. The molecule has 8 nitrogen and oxygen atoms in total. The number of carbonyl (C=O) groups excluding carboxylic acids is 1. The van der Waals surface area contributed by atoms with Crippen molar-refractivity contribution in [2.75, 3.05) is 37.5 Å². The number of nitrogens with zero attached hydrogens (tertiary/aromatic N) is 2. The van der Waals surface area contributed by atoms with Crippen molar-refractivity contribution in [2.45, 2.75) is 17.6 Å². The highest BCUT2D eigenvalue weighted by Crippen LogP contribution is 2.20. The summed E-state index contributed by atoms with van der Waals surface area (Å²) in [4.78, 5) is 31.7. The number of rotatable bonds is 7. The Morgan fingerprint density at radius 3 is 2.96 bits per heavy atom. The Labute approximate surface area is 138 Å². The lowest BCUT2D eigenvalue weighted by atomic mass is 10.2. The van der Waals surface area contributed by atoms with Gasteiger partial charge >= 0.3 is 0 Å². The molecule has 0 bridgehead atoms. The van der Waals surface area contributed by atoms with Gasteiger partial charge < -0.3 is 14.6 Å². The van der Waals surface area contributed by atoms with Gasteiger partial charge in [-0.3, -0.25) is 9.59 Å². The van der Waals surface area contributed by atoms with Gasteiger partial charge in [0, 0.05) is 32.0 Å². The van der Waals surface area contributed by atoms with Crippen LogP contribution in [0, 0.1) is 0 Å². The van der Waals surface area contributed by atoms with Gasteiger partial charge in [0.15, 0.2) is 15.0 Å². The lowest BCUT2D eigenvalue weighted by Crippen LogP contribution is -2.44. The summed E-state index contributed by atoms with van der Waals surface area (Å²) < 4.78 is 28.3. The molecule has 1 fully saturated rings. The predicted octanol–water partition coefficient (Wildman–Crippen LogP) is -0.476. The smallest absolute Gasteiger partial charge is 0.251 e. The molecular weight excluding hydrogens is 342 g/mol. The molecule has 1 aliphatic heterocycles. The zero-order valence-electron chi connectivity index (χ0n) is 12.7. The van der Waals surface area contributed by atoms with Crippen molar-refractivity contribution in [1.82, 2.24) is 14.9 Å². The summed E-state index contributed by atoms with van der Waals surface area (Å²) in [5.74, 6) is -0.0174. The second-order valence-electron chi connectivity index (χ2n) is 5.16. The van der Waals surface area contributed by atoms with E-state index in [2.05, 4.69) is 9.97 Å². The van der Waals surface area contributed by atoms with Crippen LogP contribution in [0.5, 0.6) is 0 Å². The van der Waals surface area contributed by atoms with E-state index in [0.717, 1.165) is 11.8 Å². The van der Waals surface area contributed by atoms with Crippen molar-refractivity contribution in [3.63, 3.8) is 0 Å². The van der Waals surface area contributed by atoms with E-state index in [1.807, 2.05) is 0 Å². The Morgan fingerprint density at radius 1 is 1.57 bits per heavy atom. The molecule has 0 saturated carbocycles. The quantitative estimate of drug-likeness (QED) is 0.516. The topological polar surface area (TPSA) is 109 Å². The maximum Gasteiger partial charge on any atom is 0.251 e. The minimum atomic E-state index is -3.07. The van der Waals surface area contributed by atoms with Crippen molar-refractivity contribution in [2.24, 2.45) is 0 Å². The first kappa shape index (κ1) is 18.0. The van der Waals surface area contributed by atoms with Crippen molar-refractivity contribution in [3.8, 4) is 0 Å². The lowest BCUT2D eigenvalue weighted by molar-refractivity contribution is -0.130. The molecule has 2 rings (SSSR count). The van der Waals surface area contributed by atoms with E-state index >= 15 is 0 Å². The van der Waals surface area contributed by atoms with Crippen LogP contribution in [0.3, 0.4) is 0 Å². The van der Waals surface area contributed by atoms with Crippen LogP contribution in [0.15, 0.2) is 22.2 Å². The van der Waals surface area contributed by atoms with Gasteiger partial charge in [0.05, 0.1) is 23.9 Å². The van der Waals surface area contributed by atoms with Crippen molar-refractivity contribution < 1.29 is 17.9 Å². The van der Waals surface area contributed by atoms with Gasteiger partial charge in [0.25, 0.3) is 5.56 Å². The van der Waals surface area contributed by atoms with Gasteiger partial charge in [0.2, 0.25) is 5.91 Å². The number of aromatic nitrogens is 2. The molecule has 23 heavy (non-hydrogen) atoms. The molecule has 1 amide bonds. The summed E-state index contributed by atoms with van der Waals surface area (Å²) >= 11 is 1.12. The predicted molar refractivity (Wildman–Crippen MR) is 86.2 cm³/mol. The first-order chi connectivity index (χ1) is 10.9. The molecule has 0 spiro atoms. The minimum Gasteiger partial charge on any atom is -0.383 e. The van der Waals surface area contributed by atoms with Crippen LogP contribution in [0.4, 0.5) is 0 Å². The molecule has 1 atom stereocenters. The number of ether oxygens (including phenoxy) is 1. The molecule has 1 aromatic rings. The first-order valence-corrected chi connectivity index (χ1v) is 9.89. The van der Waals surface area contributed by atoms with Crippen LogP contribution in [0.1, 0.15) is 6.42 Å². The highest BCUT2D eigenvalue weighted by molar-refractivity contribution is 7.99. The number of nitrogens with one attached hydrogen (secondary N) is 1. The molecule has 0 radical (unpaired) electrons. The Hall–Kier alpha value is -1.39. The molecule has 0 unspecified atom stereocenters. The van der Waals surface area contributed by atoms with Gasteiger partial charge in [0.1, 0.15) is 0 Å². The minimum absolute atomic E-state index is 0.00641. The number of amides is 1. The van der Waals surface area contributed by atoms with Crippen LogP contribution >= 0.6 is 11.8 Å². The van der Waals surface area contributed by atoms with Gasteiger partial charge in [-0.15, -0.1) is 0 Å². The summed E-state index contributed by atoms with van der Waals surface area (Å²) in [6, 6.07) is 0.978. The van der Waals surface area contributed by atoms with Crippen molar-refractivity contribution in [3.05, 3.63) is 22.6 Å². The second-order valence-corrected chi connectivity index (χ2v) is 8.36. The Bertz CT molecular complexity index is 704. The van der Waals surface area contributed by atoms with Crippen molar-refractivity contribution >= 4 is 27.5 Å². The maximum absolute atomic E-state index is 12.4. The van der Waals surface area contributed by atoms with E-state index in [4.69, 9.17) is 4.74 Å². The molecule has 2 heterocycles. The number of carbonyl (C=O) groups is 1. The number of hydrogen-bond acceptors (Lipinski definition) is 7. The van der Waals surface area contributed by atoms with E-state index in [1.54, 1.807) is 4.90 Å². The molecule has 1 saturated heterocycles. The second kappa shape index (κ2) is 7.93. The third kappa shape index (κ3) is 5.33. The number of aromatic amines is 1. The molecule has 10 heteroatoms. The largest absolute Gasteiger partial charge is 0.383 e. The molecule has 0 aliphatic carbocycles. The average Bonchev–Trinajstić information content (AvgIpc) is 2.85. The van der Waals surface area contributed by atoms with Gasteiger partial charge in [-0.05, 0) is 6.42 Å². The summed E-state index contributed by atoms with van der Waals surface area (Å²) in [5, 5.41) is 0.358. The third-order valence-corrected chi connectivity index (χ3v) is 6.11. The molecule has 0 aromatic carbocycles. The molecular formula is C13H19N3O5S2. The zero-order chi connectivity index (χ0) is 16.9. The fraction of sp³-hybridized carbons (Fsp3) is 0.615. The van der Waals surface area contributed by atoms with E-state index in [-0.39, 0.29) is 34.8 Å². The zero-order valence-corrected chi connectivity index (χ0v) is 14.4. The number of sulfone groups is 1. The Morgan fingerprint density at radius 2 is 2.35 bits per heavy atom. The average molecular weight is 361 g/mol. The summed E-state index contributed by atoms with van der Waals surface area (Å²) in [5.41, 5.74) is -0.284. The standard InChI is InChI=1S/C13H19N3O5S2/c1-21-6-5-16(10-3-7-23(19,20)9-10)12(18)8-22-13-14-4-2-11(17)15-13/h2,4,10H,3,5-9H2,1H3,(H,14,15,17)/t10-/m1/s1. The van der Waals surface area contributed by atoms with Crippen LogP contribution in [0.25, 0.3) is 0 Å². The van der Waals surface area contributed by atoms with E-state index in [9.17, 15) is 18.0 Å². The van der Waals surface area contributed by atoms with Gasteiger partial charge in [-0.2, -0.15) is 0 Å². The number of hydrogen-bond donors (Lipinski definition) is 1. The van der Waals surface area contributed by atoms with Crippen molar-refractivity contribution in [1.29, 1.82) is 0 Å². The van der Waals surface area contributed by atoms with Crippen LogP contribution in [0.2, 0.25) is 0 Å². The van der Waals surface area contributed by atoms with Gasteiger partial charge in [-0.1, -0.05) is 11.8 Å². The normalized spacial score (nSPS) is 19.6. The van der Waals surface area contributed by atoms with E-state index < -0.39 is 9.84 Å². The summed E-state index contributed by atoms with van der Waals surface area (Å²) in [6.07, 6.45) is 1.82. The fourth-order valence-corrected chi connectivity index (χ4v) is 4.82. The molecule has 128 valence electrons. The molecule has 1 N–H and O–H groups in total. The summed E-state index contributed by atoms with van der Waals surface area (Å²) in [7, 11) is -1.54. The van der Waals surface area contributed by atoms with Crippen LogP contribution < -0.4 is 5.56 Å². The van der Waals surface area contributed by atoms with Gasteiger partial charge in [-0.25, -0.2) is 13.4 Å². The van der Waals surface area contributed by atoms with E-state index in [1.165, 1.54) is 19.4 Å². The number of thioether (sulfide) groups is 1. The fourth-order valence-electron chi connectivity index (χ4n) is 2.36. The Kier molecular flexibility index (Phi) is 6.19. The monoisotopic (exact) mass is 361 g/mol.